The van der Waals surface area contributed by atoms with Crippen molar-refractivity contribution >= 4 is 12.0 Å². The van der Waals surface area contributed by atoms with Crippen LogP contribution in [0, 0.1) is 5.92 Å². The van der Waals surface area contributed by atoms with Crippen LogP contribution in [0.25, 0.3) is 6.08 Å². The molecule has 1 aromatic carbocycles. The van der Waals surface area contributed by atoms with Crippen LogP contribution in [-0.2, 0) is 9.53 Å². The van der Waals surface area contributed by atoms with Gasteiger partial charge in [0.1, 0.15) is 6.61 Å². The normalized spacial score (nSPS) is 27.0. The first-order valence-corrected chi connectivity index (χ1v) is 10.00. The number of methoxy groups -OCH3 is 1. The second-order valence-corrected chi connectivity index (χ2v) is 8.28. The van der Waals surface area contributed by atoms with Gasteiger partial charge in [-0.2, -0.15) is 0 Å². The second-order valence-electron chi connectivity index (χ2n) is 8.28. The van der Waals surface area contributed by atoms with Crippen molar-refractivity contribution in [3.63, 3.8) is 0 Å². The summed E-state index contributed by atoms with van der Waals surface area (Å²) < 4.78 is 5.02. The van der Waals surface area contributed by atoms with Gasteiger partial charge in [0.15, 0.2) is 0 Å². The maximum atomic E-state index is 12.2. The topological polar surface area (TPSA) is 53.0 Å². The molecule has 2 aliphatic heterocycles. The van der Waals surface area contributed by atoms with Gasteiger partial charge >= 0.3 is 0 Å². The molecule has 1 amide bonds. The highest BCUT2D eigenvalue weighted by atomic mass is 16.5. The van der Waals surface area contributed by atoms with Crippen LogP contribution in [0.3, 0.4) is 0 Å². The number of aliphatic hydroxyl groups is 1. The summed E-state index contributed by atoms with van der Waals surface area (Å²) in [6.07, 6.45) is 6.72. The zero-order valence-electron chi connectivity index (χ0n) is 16.3. The molecular formula is C22H30N2O3. The fourth-order valence-corrected chi connectivity index (χ4v) is 4.99. The molecule has 0 radical (unpaired) electrons. The van der Waals surface area contributed by atoms with Crippen LogP contribution in [-0.4, -0.2) is 72.4 Å². The van der Waals surface area contributed by atoms with Gasteiger partial charge in [-0.25, -0.2) is 0 Å². The van der Waals surface area contributed by atoms with Crippen molar-refractivity contribution in [1.29, 1.82) is 0 Å². The SMILES string of the molecule is C/C=C/c1ccc([C@@H]2[C@H](CO)N(CC3CC3)C23CN(C(=O)COC)C3)cc1. The molecule has 27 heavy (non-hydrogen) atoms. The summed E-state index contributed by atoms with van der Waals surface area (Å²) in [6, 6.07) is 8.83. The maximum Gasteiger partial charge on any atom is 0.248 e. The number of nitrogens with zero attached hydrogens (tertiary/aromatic N) is 2. The minimum Gasteiger partial charge on any atom is -0.395 e. The number of carbonyl (C=O) groups is 1. The van der Waals surface area contributed by atoms with Crippen LogP contribution in [0.4, 0.5) is 0 Å². The monoisotopic (exact) mass is 370 g/mol. The van der Waals surface area contributed by atoms with Crippen LogP contribution in [0.1, 0.15) is 36.8 Å². The third kappa shape index (κ3) is 3.22. The zero-order chi connectivity index (χ0) is 19.0. The first-order chi connectivity index (χ1) is 13.1. The molecule has 1 aromatic rings. The summed E-state index contributed by atoms with van der Waals surface area (Å²) >= 11 is 0. The average molecular weight is 370 g/mol. The van der Waals surface area contributed by atoms with Crippen LogP contribution < -0.4 is 0 Å². The Morgan fingerprint density at radius 2 is 2.00 bits per heavy atom. The number of hydrogen-bond donors (Lipinski definition) is 1. The Balaban J connectivity index is 1.57. The average Bonchev–Trinajstić information content (AvgIpc) is 3.43. The van der Waals surface area contributed by atoms with Gasteiger partial charge in [-0.05, 0) is 36.8 Å². The molecule has 1 spiro atoms. The minimum absolute atomic E-state index is 0.0263. The predicted octanol–water partition coefficient (Wildman–Crippen LogP) is 2.12. The lowest BCUT2D eigenvalue weighted by Gasteiger charge is -2.71. The van der Waals surface area contributed by atoms with Gasteiger partial charge in [-0.15, -0.1) is 0 Å². The molecule has 2 heterocycles. The number of amides is 1. The Morgan fingerprint density at radius 1 is 1.30 bits per heavy atom. The van der Waals surface area contributed by atoms with Crippen LogP contribution in [0.15, 0.2) is 30.3 Å². The van der Waals surface area contributed by atoms with Gasteiger partial charge in [0.05, 0.1) is 12.1 Å². The first kappa shape index (κ1) is 18.7. The fraction of sp³-hybridized carbons (Fsp3) is 0.591. The molecule has 146 valence electrons. The van der Waals surface area contributed by atoms with E-state index in [0.717, 1.165) is 25.6 Å². The van der Waals surface area contributed by atoms with E-state index in [-0.39, 0.29) is 36.6 Å². The molecular weight excluding hydrogens is 340 g/mol. The van der Waals surface area contributed by atoms with Crippen molar-refractivity contribution in [3.8, 4) is 0 Å². The lowest BCUT2D eigenvalue weighted by Crippen LogP contribution is -2.85. The number of hydrogen-bond acceptors (Lipinski definition) is 4. The van der Waals surface area contributed by atoms with E-state index >= 15 is 0 Å². The van der Waals surface area contributed by atoms with Crippen molar-refractivity contribution in [2.75, 3.05) is 40.0 Å². The van der Waals surface area contributed by atoms with Crippen LogP contribution in [0.2, 0.25) is 0 Å². The van der Waals surface area contributed by atoms with E-state index in [4.69, 9.17) is 4.74 Å². The molecule has 5 nitrogen and oxygen atoms in total. The summed E-state index contributed by atoms with van der Waals surface area (Å²) in [5.74, 6) is 1.09. The number of ether oxygens (including phenoxy) is 1. The smallest absolute Gasteiger partial charge is 0.248 e. The van der Waals surface area contributed by atoms with Gasteiger partial charge in [-0.1, -0.05) is 36.4 Å². The standard InChI is InChI=1S/C22H30N2O3/c1-3-4-16-7-9-18(10-8-16)21-19(12-25)24(11-17-5-6-17)22(21)14-23(15-22)20(26)13-27-2/h3-4,7-10,17,19,21,25H,5-6,11-15H2,1-2H3/b4-3+/t19-,21+/m0/s1. The lowest BCUT2D eigenvalue weighted by molar-refractivity contribution is -0.199. The predicted molar refractivity (Wildman–Crippen MR) is 105 cm³/mol. The van der Waals surface area contributed by atoms with Crippen LogP contribution in [0.5, 0.6) is 0 Å². The molecule has 0 aromatic heterocycles. The first-order valence-electron chi connectivity index (χ1n) is 10.00. The van der Waals surface area contributed by atoms with E-state index in [9.17, 15) is 9.90 Å². The van der Waals surface area contributed by atoms with Gasteiger partial charge < -0.3 is 14.7 Å². The summed E-state index contributed by atoms with van der Waals surface area (Å²) in [5, 5.41) is 10.1. The molecule has 0 unspecified atom stereocenters. The van der Waals surface area contributed by atoms with E-state index in [2.05, 4.69) is 35.2 Å². The highest BCUT2D eigenvalue weighted by molar-refractivity contribution is 5.79. The van der Waals surface area contributed by atoms with E-state index in [0.29, 0.717) is 0 Å². The molecule has 2 atom stereocenters. The molecule has 4 rings (SSSR count). The zero-order valence-corrected chi connectivity index (χ0v) is 16.3. The van der Waals surface area contributed by atoms with Crippen molar-refractivity contribution in [1.82, 2.24) is 9.80 Å². The van der Waals surface area contributed by atoms with E-state index < -0.39 is 0 Å². The summed E-state index contributed by atoms with van der Waals surface area (Å²) in [7, 11) is 1.56. The number of aliphatic hydroxyl groups excluding tert-OH is 1. The van der Waals surface area contributed by atoms with Gasteiger partial charge in [0, 0.05) is 38.7 Å². The second kappa shape index (κ2) is 7.38. The van der Waals surface area contributed by atoms with Crippen molar-refractivity contribution in [2.24, 2.45) is 5.92 Å². The molecule has 1 saturated carbocycles. The quantitative estimate of drug-likeness (QED) is 0.799. The minimum atomic E-state index is -0.0263. The van der Waals surface area contributed by atoms with Gasteiger partial charge in [0.2, 0.25) is 5.91 Å². The largest absolute Gasteiger partial charge is 0.395 e. The Labute approximate surface area is 161 Å². The third-order valence-corrected chi connectivity index (χ3v) is 6.48. The molecule has 2 saturated heterocycles. The fourth-order valence-electron chi connectivity index (χ4n) is 4.99. The number of likely N-dealkylation sites (tertiary alicyclic amines) is 2. The molecule has 1 aliphatic carbocycles. The van der Waals surface area contributed by atoms with E-state index in [1.807, 2.05) is 17.9 Å². The number of carbonyl (C=O) groups excluding carboxylic acids is 1. The Hall–Kier alpha value is -1.69. The van der Waals surface area contributed by atoms with Gasteiger partial charge in [-0.3, -0.25) is 9.69 Å². The third-order valence-electron chi connectivity index (χ3n) is 6.48. The summed E-state index contributed by atoms with van der Waals surface area (Å²) in [4.78, 5) is 16.6. The highest BCUT2D eigenvalue weighted by Crippen LogP contribution is 2.55. The highest BCUT2D eigenvalue weighted by Gasteiger charge is 2.66. The molecule has 1 N–H and O–H groups in total. The molecule has 3 fully saturated rings. The van der Waals surface area contributed by atoms with E-state index in [1.54, 1.807) is 7.11 Å². The summed E-state index contributed by atoms with van der Waals surface area (Å²) in [6.45, 7) is 4.85. The summed E-state index contributed by atoms with van der Waals surface area (Å²) in [5.41, 5.74) is 2.44. The van der Waals surface area contributed by atoms with E-state index in [1.165, 1.54) is 24.0 Å². The Kier molecular flexibility index (Phi) is 5.10. The van der Waals surface area contributed by atoms with Crippen molar-refractivity contribution in [2.45, 2.75) is 37.3 Å². The molecule has 5 heteroatoms. The van der Waals surface area contributed by atoms with Crippen molar-refractivity contribution in [3.05, 3.63) is 41.5 Å². The lowest BCUT2D eigenvalue weighted by atomic mass is 9.60. The number of rotatable bonds is 7. The Morgan fingerprint density at radius 3 is 2.56 bits per heavy atom. The van der Waals surface area contributed by atoms with Crippen molar-refractivity contribution < 1.29 is 14.6 Å². The number of benzene rings is 1. The number of allylic oxidation sites excluding steroid dienone is 1. The molecule has 3 aliphatic rings. The van der Waals surface area contributed by atoms with Crippen LogP contribution >= 0.6 is 0 Å². The Bertz CT molecular complexity index is 705. The molecule has 0 bridgehead atoms. The van der Waals surface area contributed by atoms with Gasteiger partial charge in [0.25, 0.3) is 0 Å². The maximum absolute atomic E-state index is 12.2.